The van der Waals surface area contributed by atoms with Gasteiger partial charge in [0, 0.05) is 19.6 Å². The zero-order valence-corrected chi connectivity index (χ0v) is 17.4. The third-order valence-electron chi connectivity index (χ3n) is 4.85. The highest BCUT2D eigenvalue weighted by molar-refractivity contribution is 5.31. The predicted octanol–water partition coefficient (Wildman–Crippen LogP) is 4.58. The minimum atomic E-state index is -0.671. The van der Waals surface area contributed by atoms with Crippen LogP contribution < -0.4 is 9.47 Å². The summed E-state index contributed by atoms with van der Waals surface area (Å²) in [6.07, 6.45) is -0.671. The molecule has 158 valence electrons. The summed E-state index contributed by atoms with van der Waals surface area (Å²) in [5.74, 6) is 1.30. The van der Waals surface area contributed by atoms with Gasteiger partial charge in [-0.1, -0.05) is 42.5 Å². The maximum atomic E-state index is 13.3. The highest BCUT2D eigenvalue weighted by atomic mass is 19.1. The number of rotatable bonds is 10. The third kappa shape index (κ3) is 6.58. The van der Waals surface area contributed by atoms with E-state index in [1.54, 1.807) is 19.2 Å². The first-order valence-electron chi connectivity index (χ1n) is 9.99. The third-order valence-corrected chi connectivity index (χ3v) is 4.85. The van der Waals surface area contributed by atoms with Gasteiger partial charge >= 0.3 is 0 Å². The van der Waals surface area contributed by atoms with Gasteiger partial charge in [0.25, 0.3) is 0 Å². The van der Waals surface area contributed by atoms with E-state index in [4.69, 9.17) is 9.47 Å². The van der Waals surface area contributed by atoms with Gasteiger partial charge in [-0.15, -0.1) is 0 Å². The van der Waals surface area contributed by atoms with Crippen LogP contribution in [0.3, 0.4) is 0 Å². The molecule has 0 aliphatic carbocycles. The molecule has 0 bridgehead atoms. The molecule has 3 aromatic carbocycles. The Hall–Kier alpha value is -2.89. The summed E-state index contributed by atoms with van der Waals surface area (Å²) in [6, 6.07) is 22.0. The van der Waals surface area contributed by atoms with Gasteiger partial charge in [-0.25, -0.2) is 4.39 Å². The Morgan fingerprint density at radius 1 is 0.933 bits per heavy atom. The first-order chi connectivity index (χ1) is 14.5. The van der Waals surface area contributed by atoms with E-state index in [0.29, 0.717) is 19.6 Å². The quantitative estimate of drug-likeness (QED) is 0.532. The molecule has 0 aliphatic heterocycles. The van der Waals surface area contributed by atoms with Gasteiger partial charge in [0.2, 0.25) is 0 Å². The number of benzene rings is 3. The van der Waals surface area contributed by atoms with Crippen molar-refractivity contribution in [2.45, 2.75) is 26.1 Å². The van der Waals surface area contributed by atoms with E-state index in [9.17, 15) is 9.50 Å². The zero-order valence-electron chi connectivity index (χ0n) is 17.4. The monoisotopic (exact) mass is 409 g/mol. The molecule has 0 spiro atoms. The van der Waals surface area contributed by atoms with E-state index >= 15 is 0 Å². The summed E-state index contributed by atoms with van der Waals surface area (Å²) in [6.45, 7) is 3.80. The van der Waals surface area contributed by atoms with Crippen molar-refractivity contribution in [3.05, 3.63) is 95.3 Å². The van der Waals surface area contributed by atoms with Crippen LogP contribution in [-0.4, -0.2) is 36.4 Å². The Balaban J connectivity index is 1.67. The number of aryl methyl sites for hydroxylation is 1. The normalized spacial score (nSPS) is 12.0. The molecular weight excluding hydrogens is 381 g/mol. The molecule has 0 saturated carbocycles. The van der Waals surface area contributed by atoms with Gasteiger partial charge in [-0.2, -0.15) is 0 Å². The molecule has 1 N–H and O–H groups in total. The topological polar surface area (TPSA) is 41.9 Å². The Bertz CT molecular complexity index is 930. The first kappa shape index (κ1) is 21.8. The average Bonchev–Trinajstić information content (AvgIpc) is 2.75. The lowest BCUT2D eigenvalue weighted by Crippen LogP contribution is -2.35. The minimum Gasteiger partial charge on any atom is -0.497 e. The number of aliphatic hydroxyl groups excluding tert-OH is 1. The van der Waals surface area contributed by atoms with Crippen molar-refractivity contribution in [2.24, 2.45) is 0 Å². The lowest BCUT2D eigenvalue weighted by molar-refractivity contribution is 0.0626. The molecule has 4 nitrogen and oxygen atoms in total. The second-order valence-corrected chi connectivity index (χ2v) is 7.38. The molecule has 0 fully saturated rings. The smallest absolute Gasteiger partial charge is 0.123 e. The predicted molar refractivity (Wildman–Crippen MR) is 116 cm³/mol. The fraction of sp³-hybridized carbons (Fsp3) is 0.280. The van der Waals surface area contributed by atoms with E-state index in [0.717, 1.165) is 28.2 Å². The van der Waals surface area contributed by atoms with Gasteiger partial charge in [0.1, 0.15) is 30.0 Å². The standard InChI is InChI=1S/C25H28FNO3/c1-19-6-3-4-9-25(19)30-18-23(28)17-27(15-20-10-12-22(26)13-11-20)16-21-7-5-8-24(14-21)29-2/h3-14,23,28H,15-18H2,1-2H3/t23-/m1/s1. The van der Waals surface area contributed by atoms with E-state index in [2.05, 4.69) is 4.90 Å². The summed E-state index contributed by atoms with van der Waals surface area (Å²) in [7, 11) is 1.64. The zero-order chi connectivity index (χ0) is 21.3. The number of aliphatic hydroxyl groups is 1. The first-order valence-corrected chi connectivity index (χ1v) is 9.99. The maximum absolute atomic E-state index is 13.3. The Morgan fingerprint density at radius 3 is 2.40 bits per heavy atom. The molecule has 3 rings (SSSR count). The Kier molecular flexibility index (Phi) is 7.82. The fourth-order valence-corrected chi connectivity index (χ4v) is 3.32. The van der Waals surface area contributed by atoms with Gasteiger partial charge in [0.15, 0.2) is 0 Å². The number of para-hydroxylation sites is 1. The Morgan fingerprint density at radius 2 is 1.67 bits per heavy atom. The van der Waals surface area contributed by atoms with Crippen molar-refractivity contribution in [1.29, 1.82) is 0 Å². The van der Waals surface area contributed by atoms with Gasteiger partial charge in [-0.3, -0.25) is 4.90 Å². The number of hydrogen-bond acceptors (Lipinski definition) is 4. The number of halogens is 1. The van der Waals surface area contributed by atoms with Crippen molar-refractivity contribution < 1.29 is 19.0 Å². The van der Waals surface area contributed by atoms with E-state index in [1.807, 2.05) is 55.5 Å². The minimum absolute atomic E-state index is 0.197. The molecule has 0 radical (unpaired) electrons. The highest BCUT2D eigenvalue weighted by Gasteiger charge is 2.15. The molecule has 0 aliphatic rings. The number of methoxy groups -OCH3 is 1. The van der Waals surface area contributed by atoms with Crippen LogP contribution in [0.15, 0.2) is 72.8 Å². The van der Waals surface area contributed by atoms with Crippen LogP contribution in [0.2, 0.25) is 0 Å². The average molecular weight is 410 g/mol. The summed E-state index contributed by atoms with van der Waals surface area (Å²) >= 11 is 0. The molecule has 0 heterocycles. The number of nitrogens with zero attached hydrogens (tertiary/aromatic N) is 1. The SMILES string of the molecule is COc1cccc(CN(Cc2ccc(F)cc2)C[C@@H](O)COc2ccccc2C)c1. The molecular formula is C25H28FNO3. The molecule has 1 atom stereocenters. The summed E-state index contributed by atoms with van der Waals surface area (Å²) in [4.78, 5) is 2.12. The van der Waals surface area contributed by atoms with Gasteiger partial charge in [0.05, 0.1) is 7.11 Å². The van der Waals surface area contributed by atoms with Crippen LogP contribution in [-0.2, 0) is 13.1 Å². The lowest BCUT2D eigenvalue weighted by Gasteiger charge is -2.26. The van der Waals surface area contributed by atoms with Crippen LogP contribution in [0.25, 0.3) is 0 Å². The molecule has 0 saturated heterocycles. The van der Waals surface area contributed by atoms with Crippen LogP contribution in [0.1, 0.15) is 16.7 Å². The second kappa shape index (κ2) is 10.8. The molecule has 5 heteroatoms. The molecule has 0 amide bonds. The van der Waals surface area contributed by atoms with Crippen LogP contribution >= 0.6 is 0 Å². The van der Waals surface area contributed by atoms with Crippen molar-refractivity contribution in [2.75, 3.05) is 20.3 Å². The fourth-order valence-electron chi connectivity index (χ4n) is 3.32. The maximum Gasteiger partial charge on any atom is 0.123 e. The van der Waals surface area contributed by atoms with E-state index < -0.39 is 6.10 Å². The van der Waals surface area contributed by atoms with E-state index in [1.165, 1.54) is 12.1 Å². The van der Waals surface area contributed by atoms with Crippen LogP contribution in [0.4, 0.5) is 4.39 Å². The molecule has 0 unspecified atom stereocenters. The second-order valence-electron chi connectivity index (χ2n) is 7.38. The van der Waals surface area contributed by atoms with Crippen molar-refractivity contribution in [1.82, 2.24) is 4.90 Å². The summed E-state index contributed by atoms with van der Waals surface area (Å²) in [5, 5.41) is 10.6. The summed E-state index contributed by atoms with van der Waals surface area (Å²) < 4.78 is 24.4. The van der Waals surface area contributed by atoms with Crippen molar-refractivity contribution in [3.8, 4) is 11.5 Å². The highest BCUT2D eigenvalue weighted by Crippen LogP contribution is 2.18. The molecule has 0 aromatic heterocycles. The number of hydrogen-bond donors (Lipinski definition) is 1. The summed E-state index contributed by atoms with van der Waals surface area (Å²) in [5.41, 5.74) is 3.08. The Labute approximate surface area is 177 Å². The largest absolute Gasteiger partial charge is 0.497 e. The van der Waals surface area contributed by atoms with Crippen molar-refractivity contribution in [3.63, 3.8) is 0 Å². The molecule has 3 aromatic rings. The molecule has 30 heavy (non-hydrogen) atoms. The van der Waals surface area contributed by atoms with Gasteiger partial charge in [-0.05, 0) is 53.9 Å². The van der Waals surface area contributed by atoms with E-state index in [-0.39, 0.29) is 12.4 Å². The van der Waals surface area contributed by atoms with Crippen LogP contribution in [0.5, 0.6) is 11.5 Å². The van der Waals surface area contributed by atoms with Crippen molar-refractivity contribution >= 4 is 0 Å². The van der Waals surface area contributed by atoms with Gasteiger partial charge < -0.3 is 14.6 Å². The van der Waals surface area contributed by atoms with Crippen LogP contribution in [0, 0.1) is 12.7 Å². The lowest BCUT2D eigenvalue weighted by atomic mass is 10.1. The number of ether oxygens (including phenoxy) is 2.